The Labute approximate surface area is 263 Å². The third-order valence-electron chi connectivity index (χ3n) is 8.19. The summed E-state index contributed by atoms with van der Waals surface area (Å²) in [5.74, 6) is -2.36. The molecule has 0 saturated carbocycles. The summed E-state index contributed by atoms with van der Waals surface area (Å²) >= 11 is 0. The number of nitrogens with two attached hydrogens (primary N) is 1. The van der Waals surface area contributed by atoms with Crippen LogP contribution >= 0.6 is 0 Å². The molecule has 0 aliphatic carbocycles. The largest absolute Gasteiger partial charge is 0.444 e. The lowest BCUT2D eigenvalue weighted by Crippen LogP contribution is -2.51. The van der Waals surface area contributed by atoms with Gasteiger partial charge in [-0.15, -0.1) is 6.58 Å². The van der Waals surface area contributed by atoms with E-state index in [1.54, 1.807) is 29.2 Å². The fourth-order valence-corrected chi connectivity index (χ4v) is 6.66. The number of fused-ring (bicyclic) bond motifs is 1. The molecule has 0 spiro atoms. The van der Waals surface area contributed by atoms with Crippen LogP contribution in [0.5, 0.6) is 0 Å². The average Bonchev–Trinajstić information content (AvgIpc) is 3.64. The Kier molecular flexibility index (Phi) is 11.9. The van der Waals surface area contributed by atoms with Gasteiger partial charge in [0, 0.05) is 31.8 Å². The van der Waals surface area contributed by atoms with Crippen molar-refractivity contribution in [1.82, 2.24) is 19.5 Å². The molecule has 2 amide bonds. The van der Waals surface area contributed by atoms with Crippen molar-refractivity contribution in [2.75, 3.05) is 32.4 Å². The van der Waals surface area contributed by atoms with Crippen LogP contribution in [0.3, 0.4) is 0 Å². The number of likely N-dealkylation sites (tertiary alicyclic amines) is 2. The van der Waals surface area contributed by atoms with Crippen LogP contribution in [0.25, 0.3) is 11.1 Å². The number of oxazole rings is 1. The number of carbonyl (C=O) groups is 4. The number of benzene rings is 1. The van der Waals surface area contributed by atoms with Gasteiger partial charge < -0.3 is 24.7 Å². The van der Waals surface area contributed by atoms with E-state index in [0.29, 0.717) is 50.0 Å². The van der Waals surface area contributed by atoms with E-state index in [4.69, 9.17) is 14.9 Å². The second kappa shape index (κ2) is 15.6. The maximum Gasteiger partial charge on any atom is 0.410 e. The smallest absolute Gasteiger partial charge is 0.410 e. The number of aromatic nitrogens is 1. The molecule has 2 saturated heterocycles. The molecule has 4 atom stereocenters. The minimum absolute atomic E-state index is 0.0144. The first-order chi connectivity index (χ1) is 21.5. The van der Waals surface area contributed by atoms with E-state index in [-0.39, 0.29) is 31.7 Å². The third-order valence-corrected chi connectivity index (χ3v) is 8.90. The summed E-state index contributed by atoms with van der Waals surface area (Å²) in [6, 6.07) is 4.72. The number of nitrogens with zero attached hydrogens (tertiary/aromatic N) is 3. The normalized spacial score (nSPS) is 20.1. The van der Waals surface area contributed by atoms with E-state index in [0.717, 1.165) is 25.5 Å². The van der Waals surface area contributed by atoms with Crippen molar-refractivity contribution in [3.8, 4) is 0 Å². The van der Waals surface area contributed by atoms with Gasteiger partial charge >= 0.3 is 6.09 Å². The third kappa shape index (κ3) is 9.21. The van der Waals surface area contributed by atoms with Gasteiger partial charge in [0.2, 0.25) is 21.7 Å². The number of rotatable bonds is 15. The number of ether oxygens (including phenoxy) is 1. The van der Waals surface area contributed by atoms with Gasteiger partial charge in [0.25, 0.3) is 5.89 Å². The van der Waals surface area contributed by atoms with Crippen LogP contribution in [0.4, 0.5) is 4.79 Å². The fraction of sp³-hybridized carbons (Fsp3) is 0.581. The zero-order valence-corrected chi connectivity index (χ0v) is 26.5. The van der Waals surface area contributed by atoms with Crippen LogP contribution in [-0.2, 0) is 24.3 Å². The molecule has 2 aliphatic rings. The van der Waals surface area contributed by atoms with E-state index in [9.17, 15) is 27.6 Å². The Balaban J connectivity index is 1.57. The molecule has 3 N–H and O–H groups in total. The average molecular weight is 646 g/mol. The van der Waals surface area contributed by atoms with Crippen LogP contribution in [0, 0.1) is 5.92 Å². The summed E-state index contributed by atoms with van der Waals surface area (Å²) in [5.41, 5.74) is 6.65. The Hall–Kier alpha value is -3.62. The predicted octanol–water partition coefficient (Wildman–Crippen LogP) is 2.80. The van der Waals surface area contributed by atoms with Crippen molar-refractivity contribution >= 4 is 44.7 Å². The van der Waals surface area contributed by atoms with E-state index in [2.05, 4.69) is 16.3 Å². The minimum atomic E-state index is -3.78. The molecule has 45 heavy (non-hydrogen) atoms. The molecule has 1 aromatic heterocycles. The first-order valence-corrected chi connectivity index (χ1v) is 17.4. The molecule has 0 bridgehead atoms. The van der Waals surface area contributed by atoms with Gasteiger partial charge in [0.1, 0.15) is 17.7 Å². The summed E-state index contributed by atoms with van der Waals surface area (Å²) in [6.07, 6.45) is 5.19. The zero-order valence-electron chi connectivity index (χ0n) is 25.7. The Morgan fingerprint density at radius 3 is 2.58 bits per heavy atom. The van der Waals surface area contributed by atoms with E-state index >= 15 is 0 Å². The van der Waals surface area contributed by atoms with Crippen molar-refractivity contribution in [3.63, 3.8) is 0 Å². The lowest BCUT2D eigenvalue weighted by molar-refractivity contribution is -0.139. The number of amides is 2. The highest BCUT2D eigenvalue weighted by Crippen LogP contribution is 2.29. The molecule has 13 nitrogen and oxygen atoms in total. The number of piperidine rings is 1. The van der Waals surface area contributed by atoms with Crippen molar-refractivity contribution in [1.29, 1.82) is 0 Å². The van der Waals surface area contributed by atoms with Crippen LogP contribution in [0.1, 0.15) is 68.5 Å². The van der Waals surface area contributed by atoms with E-state index in [1.807, 2.05) is 0 Å². The maximum atomic E-state index is 14.0. The molecule has 2 aliphatic heterocycles. The molecule has 3 heterocycles. The number of para-hydroxylation sites is 2. The Morgan fingerprint density at radius 2 is 1.91 bits per heavy atom. The first-order valence-electron chi connectivity index (χ1n) is 15.5. The lowest BCUT2D eigenvalue weighted by atomic mass is 9.89. The standard InChI is InChI=1S/C31H43N5O8S/c1-3-11-24(34-45(2,41)42)30(39)36-20-22(43-31(40)35-16-9-4-10-17-35)19-25(36)26(37)18-21(12-7-8-15-32)28(38)29-33-23-13-5-6-14-27(23)44-29/h3,5-6,13-14,21-22,24-25,34H,1,4,7-12,15-20,32H2,2H3/t21-,22-,24-,25+/m1/s1. The van der Waals surface area contributed by atoms with Crippen LogP contribution in [-0.4, -0.2) is 97.4 Å². The van der Waals surface area contributed by atoms with Gasteiger partial charge in [-0.05, 0) is 57.2 Å². The van der Waals surface area contributed by atoms with Crippen molar-refractivity contribution in [2.45, 2.75) is 76.0 Å². The number of hydrogen-bond donors (Lipinski definition) is 2. The number of hydrogen-bond acceptors (Lipinski definition) is 10. The zero-order chi connectivity index (χ0) is 32.6. The summed E-state index contributed by atoms with van der Waals surface area (Å²) in [5, 5.41) is 0. The number of sulfonamides is 1. The van der Waals surface area contributed by atoms with Gasteiger partial charge in [0.15, 0.2) is 11.4 Å². The first kappa shape index (κ1) is 34.3. The number of unbranched alkanes of at least 4 members (excludes halogenated alkanes) is 1. The molecular formula is C31H43N5O8S. The topological polar surface area (TPSA) is 182 Å². The van der Waals surface area contributed by atoms with Gasteiger partial charge in [-0.1, -0.05) is 24.6 Å². The second-order valence-electron chi connectivity index (χ2n) is 11.8. The van der Waals surface area contributed by atoms with Gasteiger partial charge in [-0.25, -0.2) is 22.9 Å². The summed E-state index contributed by atoms with van der Waals surface area (Å²) in [4.78, 5) is 61.5. The van der Waals surface area contributed by atoms with Gasteiger partial charge in [-0.2, -0.15) is 0 Å². The molecule has 2 aromatic rings. The molecule has 14 heteroatoms. The summed E-state index contributed by atoms with van der Waals surface area (Å²) in [6.45, 7) is 5.10. The van der Waals surface area contributed by atoms with E-state index < -0.39 is 57.7 Å². The SMILES string of the molecule is C=CC[C@@H](NS(C)(=O)=O)C(=O)N1C[C@H](OC(=O)N2CCCCC2)C[C@H]1C(=O)C[C@@H](CCCCN)C(=O)c1nc2ccccc2o1. The number of nitrogens with one attached hydrogen (secondary N) is 1. The Bertz CT molecular complexity index is 1450. The van der Waals surface area contributed by atoms with Crippen molar-refractivity contribution in [2.24, 2.45) is 11.7 Å². The minimum Gasteiger partial charge on any atom is -0.444 e. The quantitative estimate of drug-likeness (QED) is 0.166. The molecule has 0 radical (unpaired) electrons. The predicted molar refractivity (Wildman–Crippen MR) is 167 cm³/mol. The summed E-state index contributed by atoms with van der Waals surface area (Å²) < 4.78 is 37.9. The Morgan fingerprint density at radius 1 is 1.18 bits per heavy atom. The highest BCUT2D eigenvalue weighted by Gasteiger charge is 2.44. The summed E-state index contributed by atoms with van der Waals surface area (Å²) in [7, 11) is -3.78. The molecular weight excluding hydrogens is 602 g/mol. The van der Waals surface area contributed by atoms with Crippen LogP contribution < -0.4 is 10.5 Å². The molecule has 4 rings (SSSR count). The number of Topliss-reactive ketones (excluding diaryl/α,β-unsaturated/α-hetero) is 2. The lowest BCUT2D eigenvalue weighted by Gasteiger charge is -2.28. The fourth-order valence-electron chi connectivity index (χ4n) is 5.94. The van der Waals surface area contributed by atoms with Crippen molar-refractivity contribution in [3.05, 3.63) is 42.8 Å². The number of ketones is 2. The van der Waals surface area contributed by atoms with Crippen LogP contribution in [0.2, 0.25) is 0 Å². The highest BCUT2D eigenvalue weighted by molar-refractivity contribution is 7.88. The maximum absolute atomic E-state index is 14.0. The molecule has 1 aromatic carbocycles. The van der Waals surface area contributed by atoms with Gasteiger partial charge in [0.05, 0.1) is 18.8 Å². The molecule has 2 fully saturated rings. The highest BCUT2D eigenvalue weighted by atomic mass is 32.2. The molecule has 0 unspecified atom stereocenters. The van der Waals surface area contributed by atoms with Gasteiger partial charge in [-0.3, -0.25) is 14.4 Å². The van der Waals surface area contributed by atoms with Crippen molar-refractivity contribution < 1.29 is 36.7 Å². The molecule has 246 valence electrons. The van der Waals surface area contributed by atoms with E-state index in [1.165, 1.54) is 11.0 Å². The monoisotopic (exact) mass is 645 g/mol. The van der Waals surface area contributed by atoms with Crippen LogP contribution in [0.15, 0.2) is 41.3 Å². The second-order valence-corrected chi connectivity index (χ2v) is 13.5. The number of carbonyl (C=O) groups excluding carboxylic acids is 4.